The molecule has 0 aromatic heterocycles. The lowest BCUT2D eigenvalue weighted by atomic mass is 10.1. The summed E-state index contributed by atoms with van der Waals surface area (Å²) in [7, 11) is 1.57. The molecule has 0 aliphatic heterocycles. The number of nitrogens with one attached hydrogen (secondary N) is 2. The first-order valence-electron chi connectivity index (χ1n) is 4.79. The molecule has 1 aromatic carbocycles. The summed E-state index contributed by atoms with van der Waals surface area (Å²) in [5.74, 6) is -0.279. The van der Waals surface area contributed by atoms with E-state index >= 15 is 0 Å². The van der Waals surface area contributed by atoms with E-state index in [-0.39, 0.29) is 11.8 Å². The molecule has 0 saturated carbocycles. The summed E-state index contributed by atoms with van der Waals surface area (Å²) < 4.78 is 0. The van der Waals surface area contributed by atoms with Gasteiger partial charge in [-0.2, -0.15) is 0 Å². The van der Waals surface area contributed by atoms with Crippen LogP contribution in [0, 0.1) is 0 Å². The molecule has 4 nitrogen and oxygen atoms in total. The van der Waals surface area contributed by atoms with Gasteiger partial charge in [0.1, 0.15) is 0 Å². The van der Waals surface area contributed by atoms with Crippen molar-refractivity contribution >= 4 is 11.8 Å². The molecule has 0 radical (unpaired) electrons. The second kappa shape index (κ2) is 5.14. The van der Waals surface area contributed by atoms with Crippen LogP contribution in [0.2, 0.25) is 0 Å². The number of benzene rings is 1. The van der Waals surface area contributed by atoms with Gasteiger partial charge in [-0.15, -0.1) is 0 Å². The fraction of sp³-hybridized carbons (Fsp3) is 0.273. The van der Waals surface area contributed by atoms with Crippen LogP contribution in [-0.4, -0.2) is 25.4 Å². The number of amides is 2. The van der Waals surface area contributed by atoms with Crippen molar-refractivity contribution in [2.75, 3.05) is 13.6 Å². The van der Waals surface area contributed by atoms with E-state index in [9.17, 15) is 9.59 Å². The Morgan fingerprint density at radius 1 is 1.07 bits per heavy atom. The van der Waals surface area contributed by atoms with Crippen LogP contribution in [0.4, 0.5) is 0 Å². The molecule has 0 unspecified atom stereocenters. The Kier molecular flexibility index (Phi) is 3.85. The molecule has 1 rings (SSSR count). The quantitative estimate of drug-likeness (QED) is 0.768. The molecular formula is C11H14N2O2. The van der Waals surface area contributed by atoms with Gasteiger partial charge >= 0.3 is 0 Å². The lowest BCUT2D eigenvalue weighted by Gasteiger charge is -2.03. The molecule has 1 aromatic rings. The lowest BCUT2D eigenvalue weighted by molar-refractivity contribution is 0.0947. The highest BCUT2D eigenvalue weighted by molar-refractivity contribution is 5.97. The van der Waals surface area contributed by atoms with Crippen LogP contribution in [0.25, 0.3) is 0 Å². The summed E-state index contributed by atoms with van der Waals surface area (Å²) in [4.78, 5) is 22.6. The third kappa shape index (κ3) is 2.80. The standard InChI is InChI=1S/C11H14N2O2/c1-3-13-11(15)9-6-4-8(5-7-9)10(14)12-2/h4-7H,3H2,1-2H3,(H,12,14)(H,13,15). The molecule has 0 bridgehead atoms. The minimum Gasteiger partial charge on any atom is -0.355 e. The van der Waals surface area contributed by atoms with Gasteiger partial charge < -0.3 is 10.6 Å². The average molecular weight is 206 g/mol. The Balaban J connectivity index is 2.80. The molecule has 80 valence electrons. The van der Waals surface area contributed by atoms with E-state index in [4.69, 9.17) is 0 Å². The summed E-state index contributed by atoms with van der Waals surface area (Å²) in [5.41, 5.74) is 1.11. The van der Waals surface area contributed by atoms with Gasteiger partial charge in [0.2, 0.25) is 0 Å². The van der Waals surface area contributed by atoms with E-state index in [1.54, 1.807) is 31.3 Å². The maximum atomic E-state index is 11.4. The van der Waals surface area contributed by atoms with Crippen molar-refractivity contribution in [1.82, 2.24) is 10.6 Å². The molecule has 0 saturated heterocycles. The Labute approximate surface area is 88.7 Å². The van der Waals surface area contributed by atoms with Gasteiger partial charge in [0, 0.05) is 24.7 Å². The first-order chi connectivity index (χ1) is 7.19. The van der Waals surface area contributed by atoms with Crippen LogP contribution in [0.5, 0.6) is 0 Å². The topological polar surface area (TPSA) is 58.2 Å². The number of carbonyl (C=O) groups excluding carboxylic acids is 2. The van der Waals surface area contributed by atoms with Crippen molar-refractivity contribution in [3.05, 3.63) is 35.4 Å². The molecule has 0 spiro atoms. The van der Waals surface area contributed by atoms with Gasteiger partial charge in [-0.05, 0) is 31.2 Å². The van der Waals surface area contributed by atoms with Gasteiger partial charge in [-0.3, -0.25) is 9.59 Å². The molecule has 2 N–H and O–H groups in total. The Morgan fingerprint density at radius 2 is 1.53 bits per heavy atom. The van der Waals surface area contributed by atoms with E-state index in [1.807, 2.05) is 6.92 Å². The number of hydrogen-bond donors (Lipinski definition) is 2. The van der Waals surface area contributed by atoms with E-state index in [0.717, 1.165) is 0 Å². The highest BCUT2D eigenvalue weighted by Gasteiger charge is 2.06. The average Bonchev–Trinajstić information content (AvgIpc) is 2.28. The predicted molar refractivity (Wildman–Crippen MR) is 57.8 cm³/mol. The number of hydrogen-bond acceptors (Lipinski definition) is 2. The molecule has 0 aliphatic carbocycles. The molecule has 2 amide bonds. The van der Waals surface area contributed by atoms with Crippen molar-refractivity contribution in [2.45, 2.75) is 6.92 Å². The van der Waals surface area contributed by atoms with Crippen LogP contribution >= 0.6 is 0 Å². The minimum atomic E-state index is -0.155. The summed E-state index contributed by atoms with van der Waals surface area (Å²) in [5, 5.41) is 5.20. The van der Waals surface area contributed by atoms with E-state index in [0.29, 0.717) is 17.7 Å². The Morgan fingerprint density at radius 3 is 1.93 bits per heavy atom. The van der Waals surface area contributed by atoms with Crippen LogP contribution < -0.4 is 10.6 Å². The Hall–Kier alpha value is -1.84. The molecule has 0 heterocycles. The van der Waals surface area contributed by atoms with Crippen molar-refractivity contribution < 1.29 is 9.59 Å². The van der Waals surface area contributed by atoms with E-state index in [2.05, 4.69) is 10.6 Å². The monoisotopic (exact) mass is 206 g/mol. The van der Waals surface area contributed by atoms with Gasteiger partial charge in [0.15, 0.2) is 0 Å². The normalized spacial score (nSPS) is 9.47. The molecule has 0 atom stereocenters. The van der Waals surface area contributed by atoms with E-state index < -0.39 is 0 Å². The SMILES string of the molecule is CCNC(=O)c1ccc(C(=O)NC)cc1. The molecular weight excluding hydrogens is 192 g/mol. The zero-order valence-corrected chi connectivity index (χ0v) is 8.83. The van der Waals surface area contributed by atoms with Crippen LogP contribution in [0.15, 0.2) is 24.3 Å². The van der Waals surface area contributed by atoms with Gasteiger partial charge in [0.05, 0.1) is 0 Å². The third-order valence-corrected chi connectivity index (χ3v) is 1.97. The van der Waals surface area contributed by atoms with Crippen LogP contribution in [0.3, 0.4) is 0 Å². The highest BCUT2D eigenvalue weighted by Crippen LogP contribution is 2.04. The lowest BCUT2D eigenvalue weighted by Crippen LogP contribution is -2.23. The third-order valence-electron chi connectivity index (χ3n) is 1.97. The van der Waals surface area contributed by atoms with Gasteiger partial charge in [-0.1, -0.05) is 0 Å². The molecule has 15 heavy (non-hydrogen) atoms. The molecule has 0 fully saturated rings. The second-order valence-corrected chi connectivity index (χ2v) is 3.02. The summed E-state index contributed by atoms with van der Waals surface area (Å²) in [6.07, 6.45) is 0. The largest absolute Gasteiger partial charge is 0.355 e. The van der Waals surface area contributed by atoms with Crippen molar-refractivity contribution in [2.24, 2.45) is 0 Å². The number of rotatable bonds is 3. The second-order valence-electron chi connectivity index (χ2n) is 3.02. The highest BCUT2D eigenvalue weighted by atomic mass is 16.2. The predicted octanol–water partition coefficient (Wildman–Crippen LogP) is 0.796. The zero-order chi connectivity index (χ0) is 11.3. The van der Waals surface area contributed by atoms with Crippen LogP contribution in [0.1, 0.15) is 27.6 Å². The van der Waals surface area contributed by atoms with Crippen molar-refractivity contribution in [3.8, 4) is 0 Å². The maximum absolute atomic E-state index is 11.4. The zero-order valence-electron chi connectivity index (χ0n) is 8.83. The first kappa shape index (κ1) is 11.2. The van der Waals surface area contributed by atoms with E-state index in [1.165, 1.54) is 0 Å². The summed E-state index contributed by atoms with van der Waals surface area (Å²) >= 11 is 0. The fourth-order valence-electron chi connectivity index (χ4n) is 1.18. The van der Waals surface area contributed by atoms with Crippen molar-refractivity contribution in [1.29, 1.82) is 0 Å². The first-order valence-corrected chi connectivity index (χ1v) is 4.79. The Bertz CT molecular complexity index is 357. The number of carbonyl (C=O) groups is 2. The summed E-state index contributed by atoms with van der Waals surface area (Å²) in [6.45, 7) is 2.45. The van der Waals surface area contributed by atoms with Gasteiger partial charge in [0.25, 0.3) is 11.8 Å². The van der Waals surface area contributed by atoms with Crippen LogP contribution in [-0.2, 0) is 0 Å². The van der Waals surface area contributed by atoms with Gasteiger partial charge in [-0.25, -0.2) is 0 Å². The molecule has 0 aliphatic rings. The fourth-order valence-corrected chi connectivity index (χ4v) is 1.18. The smallest absolute Gasteiger partial charge is 0.251 e. The maximum Gasteiger partial charge on any atom is 0.251 e. The molecule has 4 heteroatoms. The minimum absolute atomic E-state index is 0.124. The summed E-state index contributed by atoms with van der Waals surface area (Å²) in [6, 6.07) is 6.53. The van der Waals surface area contributed by atoms with Crippen molar-refractivity contribution in [3.63, 3.8) is 0 Å².